The molecule has 0 radical (unpaired) electrons. The summed E-state index contributed by atoms with van der Waals surface area (Å²) in [7, 11) is 3.60. The van der Waals surface area contributed by atoms with Crippen molar-refractivity contribution >= 4 is 23.4 Å². The maximum Gasteiger partial charge on any atom is 0.226 e. The zero-order valence-corrected chi connectivity index (χ0v) is 15.0. The first-order valence-corrected chi connectivity index (χ1v) is 8.45. The van der Waals surface area contributed by atoms with Gasteiger partial charge in [0.05, 0.1) is 6.04 Å². The Bertz CT molecular complexity index is 588. The Kier molecular flexibility index (Phi) is 5.69. The third-order valence-electron chi connectivity index (χ3n) is 4.63. The Hall–Kier alpha value is -1.55. The van der Waals surface area contributed by atoms with Crippen LogP contribution in [0.5, 0.6) is 0 Å². The monoisotopic (exact) mass is 336 g/mol. The van der Waals surface area contributed by atoms with Gasteiger partial charge >= 0.3 is 0 Å². The molecule has 5 heteroatoms. The predicted octanol–water partition coefficient (Wildman–Crippen LogP) is 3.36. The van der Waals surface area contributed by atoms with Crippen molar-refractivity contribution in [1.82, 2.24) is 9.80 Å². The highest BCUT2D eigenvalue weighted by Crippen LogP contribution is 2.34. The average Bonchev–Trinajstić information content (AvgIpc) is 2.51. The van der Waals surface area contributed by atoms with Crippen LogP contribution in [-0.4, -0.2) is 42.3 Å². The summed E-state index contributed by atoms with van der Waals surface area (Å²) in [6.45, 7) is 4.80. The van der Waals surface area contributed by atoms with E-state index in [4.69, 9.17) is 11.6 Å². The summed E-state index contributed by atoms with van der Waals surface area (Å²) < 4.78 is 0. The number of amides is 2. The molecule has 0 N–H and O–H groups in total. The lowest BCUT2D eigenvalue weighted by molar-refractivity contribution is -0.145. The normalized spacial score (nSPS) is 19.8. The van der Waals surface area contributed by atoms with Gasteiger partial charge in [0.25, 0.3) is 0 Å². The minimum absolute atomic E-state index is 0.0325. The van der Waals surface area contributed by atoms with Crippen molar-refractivity contribution in [3.8, 4) is 0 Å². The molecule has 0 spiro atoms. The van der Waals surface area contributed by atoms with Gasteiger partial charge in [0.2, 0.25) is 11.8 Å². The number of halogens is 1. The van der Waals surface area contributed by atoms with E-state index in [0.29, 0.717) is 18.0 Å². The van der Waals surface area contributed by atoms with Crippen molar-refractivity contribution in [2.45, 2.75) is 32.7 Å². The lowest BCUT2D eigenvalue weighted by Gasteiger charge is -2.36. The number of rotatable bonds is 4. The van der Waals surface area contributed by atoms with Gasteiger partial charge in [0.1, 0.15) is 0 Å². The number of hydrogen-bond donors (Lipinski definition) is 0. The van der Waals surface area contributed by atoms with Crippen molar-refractivity contribution < 1.29 is 9.59 Å². The number of likely N-dealkylation sites (tertiary alicyclic amines) is 1. The predicted molar refractivity (Wildman–Crippen MR) is 92.2 cm³/mol. The number of benzene rings is 1. The smallest absolute Gasteiger partial charge is 0.226 e. The summed E-state index contributed by atoms with van der Waals surface area (Å²) >= 11 is 6.34. The van der Waals surface area contributed by atoms with E-state index in [1.165, 1.54) is 0 Å². The second kappa shape index (κ2) is 7.35. The zero-order chi connectivity index (χ0) is 17.1. The topological polar surface area (TPSA) is 40.6 Å². The minimum Gasteiger partial charge on any atom is -0.346 e. The first-order valence-electron chi connectivity index (χ1n) is 8.08. The Morgan fingerprint density at radius 3 is 2.57 bits per heavy atom. The van der Waals surface area contributed by atoms with Crippen LogP contribution in [0.25, 0.3) is 0 Å². The summed E-state index contributed by atoms with van der Waals surface area (Å²) in [6, 6.07) is 7.56. The van der Waals surface area contributed by atoms with Crippen molar-refractivity contribution in [2.75, 3.05) is 20.6 Å². The van der Waals surface area contributed by atoms with E-state index >= 15 is 0 Å². The van der Waals surface area contributed by atoms with Gasteiger partial charge in [0.15, 0.2) is 0 Å². The first-order chi connectivity index (χ1) is 10.8. The Morgan fingerprint density at radius 2 is 2.00 bits per heavy atom. The number of nitrogens with zero attached hydrogens (tertiary/aromatic N) is 2. The lowest BCUT2D eigenvalue weighted by Crippen LogP contribution is -2.44. The Morgan fingerprint density at radius 1 is 1.35 bits per heavy atom. The van der Waals surface area contributed by atoms with E-state index in [2.05, 4.69) is 13.8 Å². The highest BCUT2D eigenvalue weighted by Gasteiger charge is 2.34. The van der Waals surface area contributed by atoms with Crippen molar-refractivity contribution in [1.29, 1.82) is 0 Å². The molecular weight excluding hydrogens is 312 g/mol. The third-order valence-corrected chi connectivity index (χ3v) is 4.97. The maximum atomic E-state index is 12.9. The fraction of sp³-hybridized carbons (Fsp3) is 0.556. The number of carbonyl (C=O) groups is 2. The van der Waals surface area contributed by atoms with E-state index in [0.717, 1.165) is 12.0 Å². The van der Waals surface area contributed by atoms with Crippen molar-refractivity contribution in [3.05, 3.63) is 34.9 Å². The minimum atomic E-state index is -0.229. The SMILES string of the molecule is CC(C)[C@@H](c1ccccc1Cl)N(C)C(=O)[C@@H]1CCN(C)C(=O)C1. The van der Waals surface area contributed by atoms with Gasteiger partial charge in [-0.2, -0.15) is 0 Å². The van der Waals surface area contributed by atoms with Crippen molar-refractivity contribution in [3.63, 3.8) is 0 Å². The lowest BCUT2D eigenvalue weighted by atomic mass is 9.90. The van der Waals surface area contributed by atoms with E-state index in [9.17, 15) is 9.59 Å². The standard InChI is InChI=1S/C18H25ClN2O2/c1-12(2)17(14-7-5-6-8-15(14)19)21(4)18(23)13-9-10-20(3)16(22)11-13/h5-8,12-13,17H,9-11H2,1-4H3/t13-,17+/m1/s1. The fourth-order valence-corrected chi connectivity index (χ4v) is 3.56. The molecule has 1 aliphatic rings. The molecule has 0 saturated carbocycles. The molecule has 2 amide bonds. The van der Waals surface area contributed by atoms with Crippen LogP contribution in [0, 0.1) is 11.8 Å². The molecule has 1 saturated heterocycles. The van der Waals surface area contributed by atoms with Crippen LogP contribution in [0.3, 0.4) is 0 Å². The molecule has 1 aliphatic heterocycles. The van der Waals surface area contributed by atoms with Crippen LogP contribution in [0.15, 0.2) is 24.3 Å². The summed E-state index contributed by atoms with van der Waals surface area (Å²) in [6.07, 6.45) is 1.02. The van der Waals surface area contributed by atoms with Crippen LogP contribution in [-0.2, 0) is 9.59 Å². The first kappa shape index (κ1) is 17.8. The van der Waals surface area contributed by atoms with Gasteiger partial charge < -0.3 is 9.80 Å². The quantitative estimate of drug-likeness (QED) is 0.845. The molecule has 1 heterocycles. The second-order valence-corrected chi connectivity index (χ2v) is 7.07. The fourth-order valence-electron chi connectivity index (χ4n) is 3.31. The van der Waals surface area contributed by atoms with E-state index in [-0.39, 0.29) is 29.7 Å². The molecule has 4 nitrogen and oxygen atoms in total. The molecule has 0 unspecified atom stereocenters. The molecule has 0 bridgehead atoms. The number of hydrogen-bond acceptors (Lipinski definition) is 2. The molecule has 1 aromatic carbocycles. The van der Waals surface area contributed by atoms with Gasteiger partial charge in [-0.3, -0.25) is 9.59 Å². The Labute approximate surface area is 143 Å². The highest BCUT2D eigenvalue weighted by molar-refractivity contribution is 6.31. The molecule has 1 fully saturated rings. The van der Waals surface area contributed by atoms with Crippen molar-refractivity contribution in [2.24, 2.45) is 11.8 Å². The van der Waals surface area contributed by atoms with Gasteiger partial charge in [-0.15, -0.1) is 0 Å². The average molecular weight is 337 g/mol. The summed E-state index contributed by atoms with van der Waals surface area (Å²) in [5.74, 6) is 0.0742. The van der Waals surface area contributed by atoms with Crippen LogP contribution >= 0.6 is 11.6 Å². The highest BCUT2D eigenvalue weighted by atomic mass is 35.5. The van der Waals surface area contributed by atoms with Crippen LogP contribution in [0.2, 0.25) is 5.02 Å². The largest absolute Gasteiger partial charge is 0.346 e. The van der Waals surface area contributed by atoms with Crippen LogP contribution in [0.4, 0.5) is 0 Å². The molecule has 2 rings (SSSR count). The van der Waals surface area contributed by atoms with Gasteiger partial charge in [-0.1, -0.05) is 43.6 Å². The van der Waals surface area contributed by atoms with Crippen LogP contribution in [0.1, 0.15) is 38.3 Å². The van der Waals surface area contributed by atoms with E-state index in [1.54, 1.807) is 16.8 Å². The number of piperidine rings is 1. The van der Waals surface area contributed by atoms with E-state index < -0.39 is 0 Å². The molecule has 2 atom stereocenters. The third kappa shape index (κ3) is 3.86. The Balaban J connectivity index is 2.21. The van der Waals surface area contributed by atoms with Crippen LogP contribution < -0.4 is 0 Å². The second-order valence-electron chi connectivity index (χ2n) is 6.66. The van der Waals surface area contributed by atoms with Gasteiger partial charge in [-0.25, -0.2) is 0 Å². The summed E-state index contributed by atoms with van der Waals surface area (Å²) in [5, 5.41) is 0.672. The van der Waals surface area contributed by atoms with Gasteiger partial charge in [0, 0.05) is 38.0 Å². The molecule has 0 aromatic heterocycles. The van der Waals surface area contributed by atoms with Gasteiger partial charge in [-0.05, 0) is 24.0 Å². The van der Waals surface area contributed by atoms with E-state index in [1.807, 2.05) is 31.3 Å². The summed E-state index contributed by atoms with van der Waals surface area (Å²) in [4.78, 5) is 28.3. The molecular formula is C18H25ClN2O2. The summed E-state index contributed by atoms with van der Waals surface area (Å²) in [5.41, 5.74) is 0.958. The zero-order valence-electron chi connectivity index (χ0n) is 14.3. The number of carbonyl (C=O) groups excluding carboxylic acids is 2. The molecule has 0 aliphatic carbocycles. The molecule has 23 heavy (non-hydrogen) atoms. The maximum absolute atomic E-state index is 12.9. The molecule has 126 valence electrons. The molecule has 1 aromatic rings.